The Kier molecular flexibility index (Phi) is 3.41. The number of hydrogen-bond acceptors (Lipinski definition) is 2. The van der Waals surface area contributed by atoms with E-state index in [2.05, 4.69) is 15.7 Å². The van der Waals surface area contributed by atoms with Gasteiger partial charge in [0.15, 0.2) is 0 Å². The predicted octanol–water partition coefficient (Wildman–Crippen LogP) is 0.995. The summed E-state index contributed by atoms with van der Waals surface area (Å²) in [6.07, 6.45) is 0. The summed E-state index contributed by atoms with van der Waals surface area (Å²) in [7, 11) is 1.55. The number of rotatable bonds is 1. The molecular formula is C9H13FN4. The fraction of sp³-hybridized carbons (Fsp3) is 0.222. The molecule has 1 aromatic rings. The molecule has 0 aliphatic heterocycles. The molecule has 4 N–H and O–H groups in total. The summed E-state index contributed by atoms with van der Waals surface area (Å²) in [5.74, 6) is 5.13. The van der Waals surface area contributed by atoms with Crippen LogP contribution in [0.15, 0.2) is 23.2 Å². The Morgan fingerprint density at radius 3 is 2.71 bits per heavy atom. The lowest BCUT2D eigenvalue weighted by atomic mass is 10.2. The van der Waals surface area contributed by atoms with Crippen LogP contribution >= 0.6 is 0 Å². The van der Waals surface area contributed by atoms with Crippen molar-refractivity contribution in [3.05, 3.63) is 29.6 Å². The van der Waals surface area contributed by atoms with Gasteiger partial charge in [-0.2, -0.15) is 0 Å². The van der Waals surface area contributed by atoms with E-state index in [1.165, 1.54) is 6.07 Å². The topological polar surface area (TPSA) is 62.4 Å². The number of aliphatic imine (C=N–C) groups is 1. The highest BCUT2D eigenvalue weighted by atomic mass is 19.1. The van der Waals surface area contributed by atoms with Crippen LogP contribution in [0.5, 0.6) is 0 Å². The number of nitrogens with two attached hydrogens (primary N) is 1. The molecule has 1 aromatic carbocycles. The normalized spacial score (nSPS) is 11.3. The summed E-state index contributed by atoms with van der Waals surface area (Å²) in [4.78, 5) is 3.77. The van der Waals surface area contributed by atoms with Crippen molar-refractivity contribution in [2.24, 2.45) is 10.8 Å². The lowest BCUT2D eigenvalue weighted by Crippen LogP contribution is -2.36. The highest BCUT2D eigenvalue weighted by Crippen LogP contribution is 2.14. The number of halogens is 1. The van der Waals surface area contributed by atoms with Crippen molar-refractivity contribution in [2.45, 2.75) is 6.92 Å². The number of hydrogen-bond donors (Lipinski definition) is 3. The molecule has 0 spiro atoms. The molecule has 0 saturated heterocycles. The Morgan fingerprint density at radius 1 is 1.50 bits per heavy atom. The molecule has 0 atom stereocenters. The fourth-order valence-electron chi connectivity index (χ4n) is 1.01. The maximum Gasteiger partial charge on any atom is 0.210 e. The van der Waals surface area contributed by atoms with Gasteiger partial charge in [-0.25, -0.2) is 10.2 Å². The average Bonchev–Trinajstić information content (AvgIpc) is 2.17. The van der Waals surface area contributed by atoms with Crippen molar-refractivity contribution in [3.8, 4) is 0 Å². The van der Waals surface area contributed by atoms with Crippen LogP contribution in [-0.4, -0.2) is 13.0 Å². The van der Waals surface area contributed by atoms with Gasteiger partial charge in [0.05, 0.1) is 5.69 Å². The van der Waals surface area contributed by atoms with E-state index in [9.17, 15) is 4.39 Å². The van der Waals surface area contributed by atoms with E-state index in [1.807, 2.05) is 6.92 Å². The summed E-state index contributed by atoms with van der Waals surface area (Å²) in [6, 6.07) is 4.87. The van der Waals surface area contributed by atoms with Crippen LogP contribution in [0.4, 0.5) is 10.1 Å². The van der Waals surface area contributed by atoms with Gasteiger partial charge >= 0.3 is 0 Å². The average molecular weight is 196 g/mol. The molecule has 1 rings (SSSR count). The monoisotopic (exact) mass is 196 g/mol. The maximum atomic E-state index is 13.3. The molecule has 0 fully saturated rings. The van der Waals surface area contributed by atoms with Crippen molar-refractivity contribution < 1.29 is 4.39 Å². The van der Waals surface area contributed by atoms with E-state index >= 15 is 0 Å². The highest BCUT2D eigenvalue weighted by Gasteiger charge is 2.03. The molecule has 0 amide bonds. The maximum absolute atomic E-state index is 13.3. The number of guanidine groups is 1. The van der Waals surface area contributed by atoms with E-state index < -0.39 is 0 Å². The van der Waals surface area contributed by atoms with Gasteiger partial charge < -0.3 is 5.32 Å². The molecule has 0 aromatic heterocycles. The molecule has 0 aliphatic rings. The smallest absolute Gasteiger partial charge is 0.210 e. The zero-order valence-corrected chi connectivity index (χ0v) is 8.13. The molecule has 14 heavy (non-hydrogen) atoms. The van der Waals surface area contributed by atoms with E-state index in [1.54, 1.807) is 19.2 Å². The van der Waals surface area contributed by atoms with Crippen LogP contribution in [0.2, 0.25) is 0 Å². The van der Waals surface area contributed by atoms with Crippen LogP contribution in [0.1, 0.15) is 5.56 Å². The van der Waals surface area contributed by atoms with Crippen LogP contribution in [0.3, 0.4) is 0 Å². The molecule has 0 unspecified atom stereocenters. The van der Waals surface area contributed by atoms with Gasteiger partial charge in [-0.15, -0.1) is 0 Å². The first-order valence-corrected chi connectivity index (χ1v) is 4.14. The van der Waals surface area contributed by atoms with Crippen LogP contribution in [-0.2, 0) is 0 Å². The third kappa shape index (κ3) is 2.43. The van der Waals surface area contributed by atoms with Crippen molar-refractivity contribution in [2.75, 3.05) is 12.4 Å². The third-order valence-electron chi connectivity index (χ3n) is 1.74. The molecule has 0 saturated carbocycles. The second kappa shape index (κ2) is 4.57. The zero-order chi connectivity index (χ0) is 10.6. The number of nitrogens with one attached hydrogen (secondary N) is 2. The Morgan fingerprint density at radius 2 is 2.21 bits per heavy atom. The second-order valence-corrected chi connectivity index (χ2v) is 2.82. The van der Waals surface area contributed by atoms with Gasteiger partial charge in [0, 0.05) is 7.05 Å². The van der Waals surface area contributed by atoms with Crippen LogP contribution in [0.25, 0.3) is 0 Å². The summed E-state index contributed by atoms with van der Waals surface area (Å²) in [5.41, 5.74) is 3.52. The predicted molar refractivity (Wildman–Crippen MR) is 55.4 cm³/mol. The summed E-state index contributed by atoms with van der Waals surface area (Å²) < 4.78 is 13.3. The van der Waals surface area contributed by atoms with Gasteiger partial charge in [0.2, 0.25) is 5.96 Å². The Labute approximate surface area is 82.0 Å². The van der Waals surface area contributed by atoms with Crippen molar-refractivity contribution in [1.82, 2.24) is 5.43 Å². The molecule has 0 aliphatic carbocycles. The molecule has 5 heteroatoms. The Bertz CT molecular complexity index is 349. The number of benzene rings is 1. The van der Waals surface area contributed by atoms with Gasteiger partial charge in [0.1, 0.15) is 5.82 Å². The van der Waals surface area contributed by atoms with Gasteiger partial charge in [-0.05, 0) is 24.6 Å². The first-order chi connectivity index (χ1) is 6.67. The quantitative estimate of drug-likeness (QED) is 0.272. The van der Waals surface area contributed by atoms with E-state index in [0.717, 1.165) is 5.56 Å². The molecule has 76 valence electrons. The highest BCUT2D eigenvalue weighted by molar-refractivity contribution is 5.93. The first kappa shape index (κ1) is 10.5. The van der Waals surface area contributed by atoms with Crippen LogP contribution in [0, 0.1) is 12.7 Å². The minimum absolute atomic E-state index is 0.313. The van der Waals surface area contributed by atoms with Gasteiger partial charge in [-0.3, -0.25) is 10.4 Å². The Balaban J connectivity index is 2.87. The van der Waals surface area contributed by atoms with E-state index in [4.69, 9.17) is 5.84 Å². The molecule has 0 radical (unpaired) electrons. The number of hydrazine groups is 1. The van der Waals surface area contributed by atoms with E-state index in [-0.39, 0.29) is 5.82 Å². The van der Waals surface area contributed by atoms with Gasteiger partial charge in [0.25, 0.3) is 0 Å². The standard InChI is InChI=1S/C9H13FN4/c1-6-3-4-8(7(10)5-6)13-9(12-2)14-11/h3-5H,11H2,1-2H3,(H2,12,13,14). The molecular weight excluding hydrogens is 183 g/mol. The molecule has 0 heterocycles. The third-order valence-corrected chi connectivity index (χ3v) is 1.74. The minimum Gasteiger partial charge on any atom is -0.323 e. The van der Waals surface area contributed by atoms with Crippen LogP contribution < -0.4 is 16.6 Å². The fourth-order valence-corrected chi connectivity index (χ4v) is 1.01. The molecule has 4 nitrogen and oxygen atoms in total. The number of anilines is 1. The summed E-state index contributed by atoms with van der Waals surface area (Å²) >= 11 is 0. The minimum atomic E-state index is -0.332. The van der Waals surface area contributed by atoms with E-state index in [0.29, 0.717) is 11.6 Å². The Hall–Kier alpha value is -1.62. The van der Waals surface area contributed by atoms with Crippen molar-refractivity contribution in [1.29, 1.82) is 0 Å². The molecule has 0 bridgehead atoms. The second-order valence-electron chi connectivity index (χ2n) is 2.82. The lowest BCUT2D eigenvalue weighted by molar-refractivity contribution is 0.631. The SMILES string of the molecule is CN=C(NN)Nc1ccc(C)cc1F. The lowest BCUT2D eigenvalue weighted by Gasteiger charge is -2.09. The first-order valence-electron chi connectivity index (χ1n) is 4.14. The zero-order valence-electron chi connectivity index (χ0n) is 8.13. The van der Waals surface area contributed by atoms with Gasteiger partial charge in [-0.1, -0.05) is 6.07 Å². The van der Waals surface area contributed by atoms with Crippen molar-refractivity contribution >= 4 is 11.6 Å². The number of aryl methyl sites for hydroxylation is 1. The largest absolute Gasteiger partial charge is 0.323 e. The summed E-state index contributed by atoms with van der Waals surface area (Å²) in [5, 5.41) is 2.71. The summed E-state index contributed by atoms with van der Waals surface area (Å²) in [6.45, 7) is 1.82. The van der Waals surface area contributed by atoms with Crippen molar-refractivity contribution in [3.63, 3.8) is 0 Å². The number of nitrogens with zero attached hydrogens (tertiary/aromatic N) is 1.